The fourth-order valence-electron chi connectivity index (χ4n) is 1.45. The molecule has 2 rings (SSSR count). The summed E-state index contributed by atoms with van der Waals surface area (Å²) in [6.45, 7) is 3.94. The van der Waals surface area contributed by atoms with E-state index >= 15 is 0 Å². The molecule has 6 heteroatoms. The van der Waals surface area contributed by atoms with Gasteiger partial charge in [0.1, 0.15) is 4.21 Å². The molecule has 1 aromatic carbocycles. The fourth-order valence-corrected chi connectivity index (χ4v) is 4.51. The molecule has 18 heavy (non-hydrogen) atoms. The van der Waals surface area contributed by atoms with E-state index in [0.29, 0.717) is 9.90 Å². The van der Waals surface area contributed by atoms with E-state index < -0.39 is 10.0 Å². The second-order valence-corrected chi connectivity index (χ2v) is 8.34. The van der Waals surface area contributed by atoms with Crippen molar-refractivity contribution in [1.82, 2.24) is 0 Å². The summed E-state index contributed by atoms with van der Waals surface area (Å²) in [6.07, 6.45) is 0. The lowest BCUT2D eigenvalue weighted by molar-refractivity contribution is 0.603. The quantitative estimate of drug-likeness (QED) is 0.915. The molecule has 1 N–H and O–H groups in total. The van der Waals surface area contributed by atoms with Gasteiger partial charge in [0.25, 0.3) is 10.0 Å². The monoisotopic (exact) mass is 345 g/mol. The lowest BCUT2D eigenvalue weighted by atomic mass is 10.1. The molecule has 0 aliphatic rings. The molecule has 1 heterocycles. The van der Waals surface area contributed by atoms with E-state index in [4.69, 9.17) is 0 Å². The molecule has 0 aliphatic heterocycles. The molecule has 1 aromatic heterocycles. The Labute approximate surface area is 119 Å². The van der Waals surface area contributed by atoms with Crippen LogP contribution in [0.3, 0.4) is 0 Å². The van der Waals surface area contributed by atoms with Gasteiger partial charge >= 0.3 is 0 Å². The third kappa shape index (κ3) is 2.93. The Morgan fingerprint density at radius 3 is 2.39 bits per heavy atom. The normalized spacial score (nSPS) is 11.5. The van der Waals surface area contributed by atoms with Gasteiger partial charge in [-0.1, -0.05) is 6.07 Å². The second-order valence-electron chi connectivity index (χ2n) is 3.96. The van der Waals surface area contributed by atoms with Crippen LogP contribution < -0.4 is 4.72 Å². The molecule has 0 unspecified atom stereocenters. The van der Waals surface area contributed by atoms with Gasteiger partial charge < -0.3 is 0 Å². The summed E-state index contributed by atoms with van der Waals surface area (Å²) < 4.78 is 27.9. The summed E-state index contributed by atoms with van der Waals surface area (Å²) in [4.78, 5) is 0. The van der Waals surface area contributed by atoms with E-state index in [1.807, 2.05) is 26.0 Å². The summed E-state index contributed by atoms with van der Waals surface area (Å²) in [6, 6.07) is 8.80. The molecule has 0 saturated carbocycles. The number of hydrogen-bond acceptors (Lipinski definition) is 3. The van der Waals surface area contributed by atoms with Gasteiger partial charge in [0.2, 0.25) is 0 Å². The van der Waals surface area contributed by atoms with Crippen molar-refractivity contribution < 1.29 is 8.42 Å². The van der Waals surface area contributed by atoms with Crippen molar-refractivity contribution >= 4 is 43.0 Å². The third-order valence-corrected chi connectivity index (χ3v) is 6.07. The minimum absolute atomic E-state index is 0.299. The number of benzene rings is 1. The summed E-state index contributed by atoms with van der Waals surface area (Å²) in [5.41, 5.74) is 2.78. The van der Waals surface area contributed by atoms with Crippen molar-refractivity contribution in [1.29, 1.82) is 0 Å². The van der Waals surface area contributed by atoms with E-state index in [9.17, 15) is 8.42 Å². The highest BCUT2D eigenvalue weighted by Crippen LogP contribution is 2.27. The third-order valence-electron chi connectivity index (χ3n) is 2.57. The van der Waals surface area contributed by atoms with Crippen LogP contribution in [0.5, 0.6) is 0 Å². The standard InChI is InChI=1S/C12H12BrNO2S2/c1-8-3-4-10(7-9(8)2)14-18(15,16)12-6-5-11(13)17-12/h3-7,14H,1-2H3. The summed E-state index contributed by atoms with van der Waals surface area (Å²) in [5, 5.41) is 0. The SMILES string of the molecule is Cc1ccc(NS(=O)(=O)c2ccc(Br)s2)cc1C. The predicted molar refractivity (Wildman–Crippen MR) is 78.7 cm³/mol. The number of nitrogens with one attached hydrogen (secondary N) is 1. The molecule has 0 fully saturated rings. The summed E-state index contributed by atoms with van der Waals surface area (Å²) >= 11 is 4.44. The lowest BCUT2D eigenvalue weighted by Gasteiger charge is -2.08. The van der Waals surface area contributed by atoms with Crippen LogP contribution in [0.25, 0.3) is 0 Å². The molecule has 3 nitrogen and oxygen atoms in total. The van der Waals surface area contributed by atoms with Gasteiger partial charge in [-0.05, 0) is 65.2 Å². The van der Waals surface area contributed by atoms with Gasteiger partial charge in [0.05, 0.1) is 3.79 Å². The molecule has 0 atom stereocenters. The molecule has 0 bridgehead atoms. The summed E-state index contributed by atoms with van der Waals surface area (Å²) in [7, 11) is -3.48. The highest BCUT2D eigenvalue weighted by atomic mass is 79.9. The van der Waals surface area contributed by atoms with E-state index in [-0.39, 0.29) is 0 Å². The fraction of sp³-hybridized carbons (Fsp3) is 0.167. The van der Waals surface area contributed by atoms with Crippen molar-refractivity contribution in [3.8, 4) is 0 Å². The average molecular weight is 346 g/mol. The number of sulfonamides is 1. The highest BCUT2D eigenvalue weighted by molar-refractivity contribution is 9.11. The number of anilines is 1. The molecule has 2 aromatic rings. The van der Waals surface area contributed by atoms with Crippen LogP contribution in [0.2, 0.25) is 0 Å². The molecule has 0 saturated heterocycles. The van der Waals surface area contributed by atoms with Crippen LogP contribution in [0.1, 0.15) is 11.1 Å². The lowest BCUT2D eigenvalue weighted by Crippen LogP contribution is -2.11. The van der Waals surface area contributed by atoms with Crippen LogP contribution in [0.4, 0.5) is 5.69 Å². The minimum atomic E-state index is -3.48. The Morgan fingerprint density at radius 1 is 1.11 bits per heavy atom. The Bertz CT molecular complexity index is 677. The maximum Gasteiger partial charge on any atom is 0.271 e. The number of thiophene rings is 1. The van der Waals surface area contributed by atoms with Crippen LogP contribution in [-0.2, 0) is 10.0 Å². The zero-order chi connectivity index (χ0) is 13.3. The highest BCUT2D eigenvalue weighted by Gasteiger charge is 2.16. The van der Waals surface area contributed by atoms with Gasteiger partial charge in [0.15, 0.2) is 0 Å². The topological polar surface area (TPSA) is 46.2 Å². The van der Waals surface area contributed by atoms with E-state index in [1.54, 1.807) is 18.2 Å². The number of rotatable bonds is 3. The number of aryl methyl sites for hydroxylation is 2. The van der Waals surface area contributed by atoms with Gasteiger partial charge in [0, 0.05) is 5.69 Å². The molecule has 0 amide bonds. The molecule has 96 valence electrons. The molecule has 0 aliphatic carbocycles. The Morgan fingerprint density at radius 2 is 1.83 bits per heavy atom. The first-order chi connectivity index (χ1) is 8.38. The molecule has 0 radical (unpaired) electrons. The second kappa shape index (κ2) is 5.03. The Hall–Kier alpha value is -0.850. The maximum absolute atomic E-state index is 12.1. The number of hydrogen-bond donors (Lipinski definition) is 1. The smallest absolute Gasteiger partial charge is 0.271 e. The van der Waals surface area contributed by atoms with Crippen LogP contribution in [0.15, 0.2) is 38.3 Å². The first-order valence-corrected chi connectivity index (χ1v) is 8.33. The molecule has 0 spiro atoms. The van der Waals surface area contributed by atoms with Crippen LogP contribution in [-0.4, -0.2) is 8.42 Å². The van der Waals surface area contributed by atoms with Crippen LogP contribution >= 0.6 is 27.3 Å². The van der Waals surface area contributed by atoms with Crippen molar-refractivity contribution in [3.05, 3.63) is 45.2 Å². The zero-order valence-corrected chi connectivity index (χ0v) is 13.1. The maximum atomic E-state index is 12.1. The van der Waals surface area contributed by atoms with Crippen molar-refractivity contribution in [3.63, 3.8) is 0 Å². The Kier molecular flexibility index (Phi) is 3.79. The number of halogens is 1. The van der Waals surface area contributed by atoms with Crippen molar-refractivity contribution in [2.24, 2.45) is 0 Å². The molecular formula is C12H12BrNO2S2. The van der Waals surface area contributed by atoms with Gasteiger partial charge in [-0.2, -0.15) is 0 Å². The first kappa shape index (κ1) is 13.6. The van der Waals surface area contributed by atoms with Crippen LogP contribution in [0, 0.1) is 13.8 Å². The molecular weight excluding hydrogens is 334 g/mol. The predicted octanol–water partition coefficient (Wildman–Crippen LogP) is 3.93. The minimum Gasteiger partial charge on any atom is -0.279 e. The van der Waals surface area contributed by atoms with E-state index in [1.165, 1.54) is 11.3 Å². The van der Waals surface area contributed by atoms with Crippen molar-refractivity contribution in [2.75, 3.05) is 4.72 Å². The van der Waals surface area contributed by atoms with Gasteiger partial charge in [-0.3, -0.25) is 4.72 Å². The summed E-state index contributed by atoms with van der Waals surface area (Å²) in [5.74, 6) is 0. The zero-order valence-electron chi connectivity index (χ0n) is 9.90. The van der Waals surface area contributed by atoms with Gasteiger partial charge in [-0.25, -0.2) is 8.42 Å². The van der Waals surface area contributed by atoms with Gasteiger partial charge in [-0.15, -0.1) is 11.3 Å². The average Bonchev–Trinajstić information content (AvgIpc) is 2.71. The van der Waals surface area contributed by atoms with E-state index in [2.05, 4.69) is 20.7 Å². The Balaban J connectivity index is 2.30. The van der Waals surface area contributed by atoms with E-state index in [0.717, 1.165) is 14.9 Å². The largest absolute Gasteiger partial charge is 0.279 e. The first-order valence-electron chi connectivity index (χ1n) is 5.24. The van der Waals surface area contributed by atoms with Crippen molar-refractivity contribution in [2.45, 2.75) is 18.1 Å².